The third-order valence-electron chi connectivity index (χ3n) is 5.26. The highest BCUT2D eigenvalue weighted by molar-refractivity contribution is 6.07. The van der Waals surface area contributed by atoms with Crippen LogP contribution in [0.3, 0.4) is 0 Å². The normalized spacial score (nSPS) is 22.9. The average Bonchev–Trinajstić information content (AvgIpc) is 2.85. The first-order chi connectivity index (χ1) is 10.3. The Bertz CT molecular complexity index is 706. The highest BCUT2D eigenvalue weighted by Gasteiger charge is 2.20. The summed E-state index contributed by atoms with van der Waals surface area (Å²) in [4.78, 5) is 0. The number of para-hydroxylation sites is 2. The number of aromatic nitrogens is 1. The minimum atomic E-state index is 0.848. The van der Waals surface area contributed by atoms with E-state index in [1.807, 2.05) is 0 Å². The third-order valence-corrected chi connectivity index (χ3v) is 5.26. The molecule has 1 aliphatic rings. The molecule has 1 aliphatic carbocycles. The van der Waals surface area contributed by atoms with Crippen molar-refractivity contribution in [1.82, 2.24) is 4.57 Å². The smallest absolute Gasteiger partial charge is 0.0491 e. The lowest BCUT2D eigenvalue weighted by Gasteiger charge is -2.27. The van der Waals surface area contributed by atoms with Crippen LogP contribution in [0.15, 0.2) is 48.5 Å². The van der Waals surface area contributed by atoms with Gasteiger partial charge >= 0.3 is 0 Å². The summed E-state index contributed by atoms with van der Waals surface area (Å²) in [5.41, 5.74) is 2.80. The molecule has 1 heteroatoms. The second-order valence-corrected chi connectivity index (χ2v) is 6.77. The standard InChI is InChI=1S/C20H23N/c1-15-10-12-16(13-11-15)14-21-19-8-4-2-6-17(19)18-7-3-5-9-20(18)21/h2-9,15-16H,10-14H2,1H3. The van der Waals surface area contributed by atoms with Gasteiger partial charge in [-0.15, -0.1) is 0 Å². The van der Waals surface area contributed by atoms with Crippen LogP contribution in [0.2, 0.25) is 0 Å². The van der Waals surface area contributed by atoms with Crippen molar-refractivity contribution in [2.45, 2.75) is 39.2 Å². The third kappa shape index (κ3) is 2.25. The molecule has 1 fully saturated rings. The Morgan fingerprint density at radius 1 is 0.810 bits per heavy atom. The Kier molecular flexibility index (Phi) is 3.21. The lowest BCUT2D eigenvalue weighted by Crippen LogP contribution is -2.17. The number of hydrogen-bond acceptors (Lipinski definition) is 0. The molecule has 108 valence electrons. The first-order valence-corrected chi connectivity index (χ1v) is 8.29. The summed E-state index contributed by atoms with van der Waals surface area (Å²) >= 11 is 0. The number of nitrogens with zero attached hydrogens (tertiary/aromatic N) is 1. The van der Waals surface area contributed by atoms with E-state index < -0.39 is 0 Å². The fraction of sp³-hybridized carbons (Fsp3) is 0.400. The van der Waals surface area contributed by atoms with Gasteiger partial charge in [0.1, 0.15) is 0 Å². The van der Waals surface area contributed by atoms with E-state index in [1.165, 1.54) is 54.0 Å². The van der Waals surface area contributed by atoms with E-state index in [0.29, 0.717) is 0 Å². The van der Waals surface area contributed by atoms with Crippen molar-refractivity contribution in [1.29, 1.82) is 0 Å². The maximum atomic E-state index is 2.56. The molecule has 1 saturated carbocycles. The maximum Gasteiger partial charge on any atom is 0.0491 e. The SMILES string of the molecule is CC1CCC(Cn2c3ccccc3c3ccccc32)CC1. The number of hydrogen-bond donors (Lipinski definition) is 0. The average molecular weight is 277 g/mol. The molecule has 21 heavy (non-hydrogen) atoms. The summed E-state index contributed by atoms with van der Waals surface area (Å²) in [6.07, 6.45) is 5.59. The molecule has 0 saturated heterocycles. The maximum absolute atomic E-state index is 2.56. The predicted molar refractivity (Wildman–Crippen MR) is 90.6 cm³/mol. The van der Waals surface area contributed by atoms with Gasteiger partial charge in [-0.25, -0.2) is 0 Å². The van der Waals surface area contributed by atoms with Gasteiger partial charge in [-0.2, -0.15) is 0 Å². The monoisotopic (exact) mass is 277 g/mol. The zero-order valence-electron chi connectivity index (χ0n) is 12.8. The minimum Gasteiger partial charge on any atom is -0.340 e. The van der Waals surface area contributed by atoms with Gasteiger partial charge in [0, 0.05) is 28.4 Å². The van der Waals surface area contributed by atoms with Crippen LogP contribution in [-0.2, 0) is 6.54 Å². The number of benzene rings is 2. The second kappa shape index (κ2) is 5.22. The van der Waals surface area contributed by atoms with Crippen LogP contribution >= 0.6 is 0 Å². The summed E-state index contributed by atoms with van der Waals surface area (Å²) in [6, 6.07) is 17.7. The largest absolute Gasteiger partial charge is 0.340 e. The molecule has 3 aromatic rings. The summed E-state index contributed by atoms with van der Waals surface area (Å²) in [5, 5.41) is 2.80. The summed E-state index contributed by atoms with van der Waals surface area (Å²) in [6.45, 7) is 3.58. The first-order valence-electron chi connectivity index (χ1n) is 8.29. The van der Waals surface area contributed by atoms with Crippen LogP contribution in [0.4, 0.5) is 0 Å². The summed E-state index contributed by atoms with van der Waals surface area (Å²) in [5.74, 6) is 1.78. The van der Waals surface area contributed by atoms with Crippen molar-refractivity contribution in [3.05, 3.63) is 48.5 Å². The Morgan fingerprint density at radius 3 is 1.90 bits per heavy atom. The molecule has 0 aliphatic heterocycles. The highest BCUT2D eigenvalue weighted by Crippen LogP contribution is 2.33. The summed E-state index contributed by atoms with van der Waals surface area (Å²) in [7, 11) is 0. The van der Waals surface area contributed by atoms with Gasteiger partial charge in [-0.1, -0.05) is 56.2 Å². The van der Waals surface area contributed by atoms with Crippen molar-refractivity contribution in [2.75, 3.05) is 0 Å². The van der Waals surface area contributed by atoms with Gasteiger partial charge < -0.3 is 4.57 Å². The highest BCUT2D eigenvalue weighted by atomic mass is 15.0. The van der Waals surface area contributed by atoms with Crippen molar-refractivity contribution >= 4 is 21.8 Å². The molecule has 1 heterocycles. The van der Waals surface area contributed by atoms with Crippen molar-refractivity contribution < 1.29 is 0 Å². The van der Waals surface area contributed by atoms with Crippen LogP contribution < -0.4 is 0 Å². The molecule has 0 N–H and O–H groups in total. The van der Waals surface area contributed by atoms with Gasteiger partial charge in [0.15, 0.2) is 0 Å². The van der Waals surface area contributed by atoms with E-state index in [1.54, 1.807) is 0 Å². The van der Waals surface area contributed by atoms with E-state index in [-0.39, 0.29) is 0 Å². The van der Waals surface area contributed by atoms with Crippen LogP contribution in [-0.4, -0.2) is 4.57 Å². The Hall–Kier alpha value is -1.76. The van der Waals surface area contributed by atoms with E-state index in [4.69, 9.17) is 0 Å². The quantitative estimate of drug-likeness (QED) is 0.573. The molecule has 0 unspecified atom stereocenters. The first kappa shape index (κ1) is 12.9. The van der Waals surface area contributed by atoms with Gasteiger partial charge in [0.05, 0.1) is 0 Å². The Labute approximate surface area is 126 Å². The molecule has 0 amide bonds. The lowest BCUT2D eigenvalue weighted by molar-refractivity contribution is 0.268. The van der Waals surface area contributed by atoms with Crippen molar-refractivity contribution in [3.63, 3.8) is 0 Å². The molecular weight excluding hydrogens is 254 g/mol. The summed E-state index contributed by atoms with van der Waals surface area (Å²) < 4.78 is 2.56. The Balaban J connectivity index is 1.79. The van der Waals surface area contributed by atoms with Crippen LogP contribution in [0.25, 0.3) is 21.8 Å². The van der Waals surface area contributed by atoms with Gasteiger partial charge in [0.2, 0.25) is 0 Å². The zero-order valence-corrected chi connectivity index (χ0v) is 12.8. The number of fused-ring (bicyclic) bond motifs is 3. The van der Waals surface area contributed by atoms with Crippen LogP contribution in [0, 0.1) is 11.8 Å². The van der Waals surface area contributed by atoms with E-state index in [9.17, 15) is 0 Å². The van der Waals surface area contributed by atoms with Crippen LogP contribution in [0.1, 0.15) is 32.6 Å². The van der Waals surface area contributed by atoms with E-state index >= 15 is 0 Å². The fourth-order valence-electron chi connectivity index (χ4n) is 3.97. The molecule has 0 atom stereocenters. The van der Waals surface area contributed by atoms with Crippen LogP contribution in [0.5, 0.6) is 0 Å². The minimum absolute atomic E-state index is 0.848. The lowest BCUT2D eigenvalue weighted by atomic mass is 9.83. The molecule has 4 rings (SSSR count). The fourth-order valence-corrected chi connectivity index (χ4v) is 3.97. The van der Waals surface area contributed by atoms with Crippen molar-refractivity contribution in [2.24, 2.45) is 11.8 Å². The second-order valence-electron chi connectivity index (χ2n) is 6.77. The topological polar surface area (TPSA) is 4.93 Å². The molecule has 0 radical (unpaired) electrons. The molecule has 2 aromatic carbocycles. The molecule has 1 nitrogen and oxygen atoms in total. The van der Waals surface area contributed by atoms with Gasteiger partial charge in [0.25, 0.3) is 0 Å². The number of rotatable bonds is 2. The van der Waals surface area contributed by atoms with Crippen molar-refractivity contribution in [3.8, 4) is 0 Å². The van der Waals surface area contributed by atoms with Gasteiger partial charge in [-0.05, 0) is 36.8 Å². The molecular formula is C20H23N. The predicted octanol–water partition coefficient (Wildman–Crippen LogP) is 5.62. The molecule has 0 spiro atoms. The molecule has 0 bridgehead atoms. The van der Waals surface area contributed by atoms with E-state index in [2.05, 4.69) is 60.0 Å². The zero-order chi connectivity index (χ0) is 14.2. The van der Waals surface area contributed by atoms with Gasteiger partial charge in [-0.3, -0.25) is 0 Å². The van der Waals surface area contributed by atoms with E-state index in [0.717, 1.165) is 11.8 Å². The Morgan fingerprint density at radius 2 is 1.33 bits per heavy atom. The molecule has 1 aromatic heterocycles.